The highest BCUT2D eigenvalue weighted by atomic mass is 35.5. The van der Waals surface area contributed by atoms with Crippen molar-refractivity contribution in [1.29, 1.82) is 0 Å². The average Bonchev–Trinajstić information content (AvgIpc) is 2.73. The minimum atomic E-state index is -0.264. The van der Waals surface area contributed by atoms with Crippen LogP contribution in [0.2, 0.25) is 5.02 Å². The van der Waals surface area contributed by atoms with Crippen molar-refractivity contribution in [2.75, 3.05) is 6.54 Å². The average molecular weight is 284 g/mol. The number of nitrogens with one attached hydrogen (secondary N) is 1. The van der Waals surface area contributed by atoms with Gasteiger partial charge < -0.3 is 5.32 Å². The van der Waals surface area contributed by atoms with E-state index in [0.29, 0.717) is 10.6 Å². The van der Waals surface area contributed by atoms with Gasteiger partial charge in [0, 0.05) is 20.3 Å². The standard InChI is InChI=1S/C14H15ClFNS/c1-3-17-14(13-7-4-9(2)18-13)11-6-5-10(15)8-12(11)16/h4-8,14,17H,3H2,1-2H3. The SMILES string of the molecule is CCNC(c1ccc(C)s1)c1ccc(Cl)cc1F. The van der Waals surface area contributed by atoms with Crippen LogP contribution in [0.25, 0.3) is 0 Å². The molecule has 96 valence electrons. The smallest absolute Gasteiger partial charge is 0.129 e. The molecule has 0 radical (unpaired) electrons. The summed E-state index contributed by atoms with van der Waals surface area (Å²) in [6.45, 7) is 4.85. The molecule has 0 bridgehead atoms. The van der Waals surface area contributed by atoms with Crippen LogP contribution in [-0.4, -0.2) is 6.54 Å². The summed E-state index contributed by atoms with van der Waals surface area (Å²) < 4.78 is 14.0. The second-order valence-electron chi connectivity index (χ2n) is 4.10. The van der Waals surface area contributed by atoms with Crippen molar-refractivity contribution >= 4 is 22.9 Å². The molecule has 2 rings (SSSR count). The molecule has 1 heterocycles. The second kappa shape index (κ2) is 5.83. The molecule has 0 amide bonds. The molecule has 2 aromatic rings. The monoisotopic (exact) mass is 283 g/mol. The van der Waals surface area contributed by atoms with Gasteiger partial charge in [0.1, 0.15) is 5.82 Å². The second-order valence-corrected chi connectivity index (χ2v) is 5.86. The minimum absolute atomic E-state index is 0.106. The summed E-state index contributed by atoms with van der Waals surface area (Å²) in [6, 6.07) is 8.83. The van der Waals surface area contributed by atoms with Gasteiger partial charge in [0.05, 0.1) is 6.04 Å². The van der Waals surface area contributed by atoms with Crippen LogP contribution in [0.3, 0.4) is 0 Å². The van der Waals surface area contributed by atoms with Crippen LogP contribution in [0.5, 0.6) is 0 Å². The lowest BCUT2D eigenvalue weighted by molar-refractivity contribution is 0.563. The molecule has 0 saturated heterocycles. The molecule has 1 nitrogen and oxygen atoms in total. The fraction of sp³-hybridized carbons (Fsp3) is 0.286. The lowest BCUT2D eigenvalue weighted by Crippen LogP contribution is -2.22. The van der Waals surface area contributed by atoms with Gasteiger partial charge in [0.2, 0.25) is 0 Å². The van der Waals surface area contributed by atoms with Gasteiger partial charge in [0.15, 0.2) is 0 Å². The molecule has 18 heavy (non-hydrogen) atoms. The van der Waals surface area contributed by atoms with E-state index in [4.69, 9.17) is 11.6 Å². The Hall–Kier alpha value is -0.900. The Kier molecular flexibility index (Phi) is 4.38. The Morgan fingerprint density at radius 2 is 2.11 bits per heavy atom. The van der Waals surface area contributed by atoms with Crippen molar-refractivity contribution in [1.82, 2.24) is 5.32 Å². The van der Waals surface area contributed by atoms with Gasteiger partial charge in [-0.05, 0) is 37.7 Å². The molecule has 1 atom stereocenters. The highest BCUT2D eigenvalue weighted by molar-refractivity contribution is 7.12. The molecule has 0 aliphatic heterocycles. The van der Waals surface area contributed by atoms with E-state index in [0.717, 1.165) is 11.4 Å². The zero-order valence-corrected chi connectivity index (χ0v) is 11.9. The molecule has 1 unspecified atom stereocenters. The largest absolute Gasteiger partial charge is 0.306 e. The first-order valence-corrected chi connectivity index (χ1v) is 7.06. The summed E-state index contributed by atoms with van der Waals surface area (Å²) in [5, 5.41) is 3.74. The van der Waals surface area contributed by atoms with Crippen molar-refractivity contribution in [3.05, 3.63) is 56.5 Å². The third kappa shape index (κ3) is 2.91. The molecule has 0 spiro atoms. The van der Waals surface area contributed by atoms with E-state index < -0.39 is 0 Å². The van der Waals surface area contributed by atoms with Crippen LogP contribution in [0, 0.1) is 12.7 Å². The van der Waals surface area contributed by atoms with Gasteiger partial charge >= 0.3 is 0 Å². The van der Waals surface area contributed by atoms with E-state index in [2.05, 4.69) is 18.3 Å². The van der Waals surface area contributed by atoms with Crippen LogP contribution < -0.4 is 5.32 Å². The molecule has 0 aliphatic carbocycles. The van der Waals surface area contributed by atoms with E-state index in [1.807, 2.05) is 13.0 Å². The molecule has 1 aromatic heterocycles. The molecule has 4 heteroatoms. The summed E-state index contributed by atoms with van der Waals surface area (Å²) in [7, 11) is 0. The number of hydrogen-bond donors (Lipinski definition) is 1. The van der Waals surface area contributed by atoms with Crippen molar-refractivity contribution < 1.29 is 4.39 Å². The van der Waals surface area contributed by atoms with Crippen LogP contribution >= 0.6 is 22.9 Å². The number of hydrogen-bond acceptors (Lipinski definition) is 2. The van der Waals surface area contributed by atoms with Crippen molar-refractivity contribution in [3.8, 4) is 0 Å². The molecule has 0 aliphatic rings. The molecule has 1 N–H and O–H groups in total. The quantitative estimate of drug-likeness (QED) is 0.868. The van der Waals surface area contributed by atoms with Gasteiger partial charge in [-0.25, -0.2) is 4.39 Å². The van der Waals surface area contributed by atoms with E-state index >= 15 is 0 Å². The van der Waals surface area contributed by atoms with E-state index in [1.54, 1.807) is 23.5 Å². The van der Waals surface area contributed by atoms with Crippen LogP contribution in [0.1, 0.15) is 28.3 Å². The zero-order valence-electron chi connectivity index (χ0n) is 10.3. The summed E-state index contributed by atoms with van der Waals surface area (Å²) in [5.74, 6) is -0.264. The molecule has 1 aromatic carbocycles. The third-order valence-electron chi connectivity index (χ3n) is 2.73. The highest BCUT2D eigenvalue weighted by Crippen LogP contribution is 2.30. The Labute approximate surface area is 116 Å². The number of rotatable bonds is 4. The number of halogens is 2. The predicted molar refractivity (Wildman–Crippen MR) is 76.0 cm³/mol. The van der Waals surface area contributed by atoms with Crippen molar-refractivity contribution in [2.24, 2.45) is 0 Å². The summed E-state index contributed by atoms with van der Waals surface area (Å²) in [4.78, 5) is 2.35. The van der Waals surface area contributed by atoms with Crippen LogP contribution in [-0.2, 0) is 0 Å². The molecular weight excluding hydrogens is 269 g/mol. The Morgan fingerprint density at radius 3 is 2.67 bits per heavy atom. The van der Waals surface area contributed by atoms with Gasteiger partial charge in [0.25, 0.3) is 0 Å². The van der Waals surface area contributed by atoms with E-state index in [1.165, 1.54) is 10.9 Å². The van der Waals surface area contributed by atoms with Crippen LogP contribution in [0.4, 0.5) is 4.39 Å². The normalized spacial score (nSPS) is 12.7. The predicted octanol–water partition coefficient (Wildman–Crippen LogP) is 4.55. The summed E-state index contributed by atoms with van der Waals surface area (Å²) in [5.41, 5.74) is 0.642. The highest BCUT2D eigenvalue weighted by Gasteiger charge is 2.18. The Morgan fingerprint density at radius 1 is 1.33 bits per heavy atom. The molecule has 0 saturated carbocycles. The zero-order chi connectivity index (χ0) is 13.1. The van der Waals surface area contributed by atoms with E-state index in [9.17, 15) is 4.39 Å². The maximum absolute atomic E-state index is 14.0. The molecular formula is C14H15ClFNS. The number of benzene rings is 1. The topological polar surface area (TPSA) is 12.0 Å². The first-order valence-electron chi connectivity index (χ1n) is 5.86. The minimum Gasteiger partial charge on any atom is -0.306 e. The Balaban J connectivity index is 2.41. The molecule has 0 fully saturated rings. The number of aryl methyl sites for hydroxylation is 1. The van der Waals surface area contributed by atoms with Gasteiger partial charge in [-0.15, -0.1) is 11.3 Å². The third-order valence-corrected chi connectivity index (χ3v) is 4.03. The lowest BCUT2D eigenvalue weighted by Gasteiger charge is -2.17. The van der Waals surface area contributed by atoms with Crippen LogP contribution in [0.15, 0.2) is 30.3 Å². The first-order chi connectivity index (χ1) is 8.61. The Bertz CT molecular complexity index is 538. The fourth-order valence-corrected chi connectivity index (χ4v) is 3.04. The van der Waals surface area contributed by atoms with Gasteiger partial charge in [-0.2, -0.15) is 0 Å². The summed E-state index contributed by atoms with van der Waals surface area (Å²) in [6.07, 6.45) is 0. The van der Waals surface area contributed by atoms with E-state index in [-0.39, 0.29) is 11.9 Å². The maximum atomic E-state index is 14.0. The van der Waals surface area contributed by atoms with Gasteiger partial charge in [-0.3, -0.25) is 0 Å². The van der Waals surface area contributed by atoms with Crippen molar-refractivity contribution in [3.63, 3.8) is 0 Å². The van der Waals surface area contributed by atoms with Gasteiger partial charge in [-0.1, -0.05) is 24.6 Å². The first kappa shape index (κ1) is 13.5. The maximum Gasteiger partial charge on any atom is 0.129 e. The number of thiophene rings is 1. The lowest BCUT2D eigenvalue weighted by atomic mass is 10.0. The van der Waals surface area contributed by atoms with Crippen molar-refractivity contribution in [2.45, 2.75) is 19.9 Å². The summed E-state index contributed by atoms with van der Waals surface area (Å²) >= 11 is 7.47. The fourth-order valence-electron chi connectivity index (χ4n) is 1.91.